The van der Waals surface area contributed by atoms with Crippen molar-refractivity contribution in [2.24, 2.45) is 5.92 Å². The van der Waals surface area contributed by atoms with Gasteiger partial charge in [0.1, 0.15) is 5.69 Å². The van der Waals surface area contributed by atoms with E-state index in [1.54, 1.807) is 6.20 Å². The number of carbonyl (C=O) groups excluding carboxylic acids is 1. The zero-order chi connectivity index (χ0) is 18.9. The maximum absolute atomic E-state index is 12.7. The highest BCUT2D eigenvalue weighted by Crippen LogP contribution is 2.28. The van der Waals surface area contributed by atoms with Crippen molar-refractivity contribution in [3.63, 3.8) is 0 Å². The lowest BCUT2D eigenvalue weighted by molar-refractivity contribution is 0.0875. The second-order valence-electron chi connectivity index (χ2n) is 7.73. The number of anilines is 1. The third-order valence-electron chi connectivity index (χ3n) is 6.08. The van der Waals surface area contributed by atoms with Crippen LogP contribution in [0.25, 0.3) is 11.0 Å². The average Bonchev–Trinajstić information content (AvgIpc) is 3.18. The average molecular weight is 376 g/mol. The van der Waals surface area contributed by atoms with E-state index in [-0.39, 0.29) is 11.7 Å². The van der Waals surface area contributed by atoms with Crippen LogP contribution in [-0.4, -0.2) is 53.5 Å². The lowest BCUT2D eigenvalue weighted by atomic mass is 9.83. The highest BCUT2D eigenvalue weighted by molar-refractivity contribution is 5.98. The van der Waals surface area contributed by atoms with E-state index in [4.69, 9.17) is 4.52 Å². The lowest BCUT2D eigenvalue weighted by Crippen LogP contribution is -2.47. The van der Waals surface area contributed by atoms with Gasteiger partial charge < -0.3 is 9.42 Å². The van der Waals surface area contributed by atoms with Gasteiger partial charge in [-0.1, -0.05) is 23.4 Å². The third-order valence-corrected chi connectivity index (χ3v) is 6.08. The number of para-hydroxylation sites is 1. The van der Waals surface area contributed by atoms with Crippen molar-refractivity contribution in [3.05, 3.63) is 53.9 Å². The summed E-state index contributed by atoms with van der Waals surface area (Å²) in [7, 11) is 0. The van der Waals surface area contributed by atoms with Crippen LogP contribution in [0.2, 0.25) is 0 Å². The first-order valence-corrected chi connectivity index (χ1v) is 10.1. The first-order chi connectivity index (χ1) is 13.8. The summed E-state index contributed by atoms with van der Waals surface area (Å²) < 4.78 is 5.45. The zero-order valence-electron chi connectivity index (χ0n) is 15.9. The molecule has 6 heteroatoms. The Bertz CT molecular complexity index is 991. The molecule has 1 aromatic carbocycles. The number of aromatic nitrogens is 2. The van der Waals surface area contributed by atoms with Gasteiger partial charge in [0.25, 0.3) is 0 Å². The van der Waals surface area contributed by atoms with Gasteiger partial charge >= 0.3 is 0 Å². The molecule has 1 atom stereocenters. The highest BCUT2D eigenvalue weighted by Gasteiger charge is 2.29. The fraction of sp³-hybridized carbons (Fsp3) is 0.409. The van der Waals surface area contributed by atoms with Crippen LogP contribution >= 0.6 is 0 Å². The number of aryl methyl sites for hydroxylation is 1. The minimum atomic E-state index is 0.111. The van der Waals surface area contributed by atoms with Crippen molar-refractivity contribution in [2.45, 2.75) is 19.3 Å². The van der Waals surface area contributed by atoms with Crippen LogP contribution in [-0.2, 0) is 6.42 Å². The molecule has 144 valence electrons. The van der Waals surface area contributed by atoms with Gasteiger partial charge in [0.05, 0.1) is 5.39 Å². The Morgan fingerprint density at radius 3 is 2.82 bits per heavy atom. The normalized spacial score (nSPS) is 20.5. The SMILES string of the molecule is O=C1c2ncccc2CCC1CCN1CCN(c2noc3ccccc23)CC1. The molecule has 0 radical (unpaired) electrons. The largest absolute Gasteiger partial charge is 0.354 e. The molecular weight excluding hydrogens is 352 g/mol. The summed E-state index contributed by atoms with van der Waals surface area (Å²) in [5.41, 5.74) is 2.64. The maximum atomic E-state index is 12.7. The summed E-state index contributed by atoms with van der Waals surface area (Å²) in [6, 6.07) is 12.0. The summed E-state index contributed by atoms with van der Waals surface area (Å²) in [6.07, 6.45) is 4.56. The number of nitrogens with zero attached hydrogens (tertiary/aromatic N) is 4. The number of pyridine rings is 1. The Hall–Kier alpha value is -2.73. The quantitative estimate of drug-likeness (QED) is 0.697. The molecule has 1 aliphatic heterocycles. The van der Waals surface area contributed by atoms with Gasteiger partial charge in [-0.25, -0.2) is 0 Å². The molecule has 1 fully saturated rings. The molecule has 3 aromatic rings. The molecule has 0 N–H and O–H groups in total. The molecule has 0 bridgehead atoms. The summed E-state index contributed by atoms with van der Waals surface area (Å²) in [4.78, 5) is 21.8. The van der Waals surface area contributed by atoms with Crippen molar-refractivity contribution in [1.82, 2.24) is 15.0 Å². The molecule has 0 spiro atoms. The number of benzene rings is 1. The number of carbonyl (C=O) groups is 1. The van der Waals surface area contributed by atoms with Crippen LogP contribution in [0.15, 0.2) is 47.1 Å². The van der Waals surface area contributed by atoms with Gasteiger partial charge in [-0.15, -0.1) is 0 Å². The molecule has 5 rings (SSSR count). The summed E-state index contributed by atoms with van der Waals surface area (Å²) in [5, 5.41) is 5.35. The molecule has 6 nitrogen and oxygen atoms in total. The first kappa shape index (κ1) is 17.4. The van der Waals surface area contributed by atoms with Gasteiger partial charge in [0.15, 0.2) is 17.2 Å². The number of piperazine rings is 1. The van der Waals surface area contributed by atoms with Crippen LogP contribution < -0.4 is 4.90 Å². The zero-order valence-corrected chi connectivity index (χ0v) is 15.9. The van der Waals surface area contributed by atoms with E-state index in [0.29, 0.717) is 5.69 Å². The van der Waals surface area contributed by atoms with Crippen molar-refractivity contribution >= 4 is 22.6 Å². The smallest absolute Gasteiger partial charge is 0.184 e. The van der Waals surface area contributed by atoms with Crippen LogP contribution in [0, 0.1) is 5.92 Å². The van der Waals surface area contributed by atoms with Crippen LogP contribution in [0.5, 0.6) is 0 Å². The summed E-state index contributed by atoms with van der Waals surface area (Å²) in [5.74, 6) is 1.29. The van der Waals surface area contributed by atoms with E-state index >= 15 is 0 Å². The fourth-order valence-corrected chi connectivity index (χ4v) is 4.41. The molecule has 0 saturated carbocycles. The van der Waals surface area contributed by atoms with E-state index < -0.39 is 0 Å². The van der Waals surface area contributed by atoms with Gasteiger partial charge in [0, 0.05) is 38.3 Å². The minimum Gasteiger partial charge on any atom is -0.354 e. The molecule has 28 heavy (non-hydrogen) atoms. The number of fused-ring (bicyclic) bond motifs is 2. The number of rotatable bonds is 4. The highest BCUT2D eigenvalue weighted by atomic mass is 16.5. The van der Waals surface area contributed by atoms with Crippen LogP contribution in [0.1, 0.15) is 28.9 Å². The second-order valence-corrected chi connectivity index (χ2v) is 7.73. The van der Waals surface area contributed by atoms with Crippen LogP contribution in [0.3, 0.4) is 0 Å². The Morgan fingerprint density at radius 1 is 1.07 bits per heavy atom. The molecule has 2 aromatic heterocycles. The Morgan fingerprint density at radius 2 is 1.93 bits per heavy atom. The maximum Gasteiger partial charge on any atom is 0.184 e. The molecule has 1 aliphatic carbocycles. The number of hydrogen-bond donors (Lipinski definition) is 0. The van der Waals surface area contributed by atoms with Crippen molar-refractivity contribution < 1.29 is 9.32 Å². The Kier molecular flexibility index (Phi) is 4.56. The number of Topliss-reactive ketones (excluding diaryl/α,β-unsaturated/α-hetero) is 1. The Labute approximate surface area is 164 Å². The Balaban J connectivity index is 1.17. The van der Waals surface area contributed by atoms with Gasteiger partial charge in [-0.3, -0.25) is 14.7 Å². The molecule has 2 aliphatic rings. The van der Waals surface area contributed by atoms with Gasteiger partial charge in [0.2, 0.25) is 0 Å². The fourth-order valence-electron chi connectivity index (χ4n) is 4.41. The van der Waals surface area contributed by atoms with E-state index in [1.165, 1.54) is 0 Å². The van der Waals surface area contributed by atoms with Gasteiger partial charge in [-0.05, 0) is 49.6 Å². The van der Waals surface area contributed by atoms with E-state index in [9.17, 15) is 4.79 Å². The first-order valence-electron chi connectivity index (χ1n) is 10.1. The molecule has 1 saturated heterocycles. The van der Waals surface area contributed by atoms with Crippen molar-refractivity contribution in [1.29, 1.82) is 0 Å². The topological polar surface area (TPSA) is 62.5 Å². The molecule has 1 unspecified atom stereocenters. The second kappa shape index (κ2) is 7.36. The lowest BCUT2D eigenvalue weighted by Gasteiger charge is -2.35. The van der Waals surface area contributed by atoms with E-state index in [2.05, 4.69) is 26.0 Å². The minimum absolute atomic E-state index is 0.111. The molecule has 3 heterocycles. The van der Waals surface area contributed by atoms with E-state index in [0.717, 1.165) is 74.3 Å². The summed E-state index contributed by atoms with van der Waals surface area (Å²) in [6.45, 7) is 4.79. The van der Waals surface area contributed by atoms with Crippen molar-refractivity contribution in [2.75, 3.05) is 37.6 Å². The summed E-state index contributed by atoms with van der Waals surface area (Å²) >= 11 is 0. The third kappa shape index (κ3) is 3.18. The standard InChI is InChI=1S/C22H24N4O2/c27-21-17(8-7-16-4-3-10-23-20(16)21)9-11-25-12-14-26(15-13-25)22-18-5-1-2-6-19(18)28-24-22/h1-6,10,17H,7-9,11-15H2. The number of hydrogen-bond acceptors (Lipinski definition) is 6. The van der Waals surface area contributed by atoms with Gasteiger partial charge in [-0.2, -0.15) is 0 Å². The predicted molar refractivity (Wildman–Crippen MR) is 108 cm³/mol. The molecule has 0 amide bonds. The monoisotopic (exact) mass is 376 g/mol. The van der Waals surface area contributed by atoms with Crippen LogP contribution in [0.4, 0.5) is 5.82 Å². The number of ketones is 1. The predicted octanol–water partition coefficient (Wildman–Crippen LogP) is 3.18. The molecular formula is C22H24N4O2. The van der Waals surface area contributed by atoms with E-state index in [1.807, 2.05) is 30.3 Å². The van der Waals surface area contributed by atoms with Crippen molar-refractivity contribution in [3.8, 4) is 0 Å².